The quantitative estimate of drug-likeness (QED) is 0.834. The van der Waals surface area contributed by atoms with E-state index in [4.69, 9.17) is 5.73 Å². The first kappa shape index (κ1) is 18.5. The maximum atomic E-state index is 12.9. The van der Waals surface area contributed by atoms with Crippen molar-refractivity contribution in [2.75, 3.05) is 19.1 Å². The van der Waals surface area contributed by atoms with Crippen LogP contribution in [0.2, 0.25) is 0 Å². The molecule has 0 aliphatic rings. The first-order valence-corrected chi connectivity index (χ1v) is 9.90. The topological polar surface area (TPSA) is 63.4 Å². The van der Waals surface area contributed by atoms with Crippen LogP contribution in [0.3, 0.4) is 0 Å². The summed E-state index contributed by atoms with van der Waals surface area (Å²) in [5.41, 5.74) is 8.29. The van der Waals surface area contributed by atoms with Gasteiger partial charge < -0.3 is 5.73 Å². The molecule has 0 aromatic heterocycles. The summed E-state index contributed by atoms with van der Waals surface area (Å²) in [5, 5.41) is 0. The predicted molar refractivity (Wildman–Crippen MR) is 91.2 cm³/mol. The van der Waals surface area contributed by atoms with Crippen molar-refractivity contribution in [3.05, 3.63) is 28.8 Å². The average Bonchev–Trinajstić information content (AvgIpc) is 2.46. The highest BCUT2D eigenvalue weighted by Gasteiger charge is 2.28. The van der Waals surface area contributed by atoms with E-state index >= 15 is 0 Å². The van der Waals surface area contributed by atoms with Crippen LogP contribution < -0.4 is 5.73 Å². The monoisotopic (exact) mass is 330 g/mol. The lowest BCUT2D eigenvalue weighted by atomic mass is 10.1. The second kappa shape index (κ2) is 7.63. The van der Waals surface area contributed by atoms with Crippen molar-refractivity contribution in [1.82, 2.24) is 4.31 Å². The van der Waals surface area contributed by atoms with Crippen LogP contribution in [0, 0.1) is 13.8 Å². The Kier molecular flexibility index (Phi) is 6.71. The molecule has 2 N–H and O–H groups in total. The fraction of sp³-hybridized carbons (Fsp3) is 0.600. The normalized spacial score (nSPS) is 13.7. The van der Waals surface area contributed by atoms with Gasteiger partial charge in [0.15, 0.2) is 0 Å². The zero-order valence-corrected chi connectivity index (χ0v) is 15.1. The largest absolute Gasteiger partial charge is 0.326 e. The summed E-state index contributed by atoms with van der Waals surface area (Å²) in [4.78, 5) is 0.380. The van der Waals surface area contributed by atoms with Gasteiger partial charge in [0.25, 0.3) is 0 Å². The maximum absolute atomic E-state index is 12.9. The van der Waals surface area contributed by atoms with Gasteiger partial charge in [0.2, 0.25) is 10.0 Å². The summed E-state index contributed by atoms with van der Waals surface area (Å²) in [6.07, 6.45) is 2.79. The number of hydrogen-bond acceptors (Lipinski definition) is 4. The van der Waals surface area contributed by atoms with Crippen LogP contribution in [0.1, 0.15) is 30.0 Å². The number of benzene rings is 1. The van der Waals surface area contributed by atoms with E-state index in [1.54, 1.807) is 24.9 Å². The number of hydrogen-bond donors (Lipinski definition) is 1. The Balaban J connectivity index is 3.33. The minimum atomic E-state index is -3.49. The van der Waals surface area contributed by atoms with E-state index in [1.165, 1.54) is 4.31 Å². The average molecular weight is 331 g/mol. The molecule has 1 aromatic carbocycles. The summed E-state index contributed by atoms with van der Waals surface area (Å²) in [7, 11) is -1.82. The molecule has 1 atom stereocenters. The molecule has 120 valence electrons. The Morgan fingerprint density at radius 3 is 2.43 bits per heavy atom. The number of aryl methyl sites for hydroxylation is 1. The van der Waals surface area contributed by atoms with Crippen molar-refractivity contribution < 1.29 is 8.42 Å². The highest BCUT2D eigenvalue weighted by Crippen LogP contribution is 2.26. The second-order valence-electron chi connectivity index (χ2n) is 5.28. The van der Waals surface area contributed by atoms with Crippen LogP contribution >= 0.6 is 11.8 Å². The Morgan fingerprint density at radius 2 is 1.95 bits per heavy atom. The highest BCUT2D eigenvalue weighted by molar-refractivity contribution is 7.98. The number of sulfonamides is 1. The standard InChI is InChI=1S/C15H26N2O2S2/c1-6-14(10-20-5)17(4)21(18,19)15-8-13(9-16)7-11(2)12(15)3/h7-8,14H,6,9-10,16H2,1-5H3. The Labute approximate surface area is 133 Å². The van der Waals surface area contributed by atoms with Gasteiger partial charge in [-0.1, -0.05) is 13.0 Å². The van der Waals surface area contributed by atoms with Crippen molar-refractivity contribution >= 4 is 21.8 Å². The maximum Gasteiger partial charge on any atom is 0.243 e. The van der Waals surface area contributed by atoms with Gasteiger partial charge in [0, 0.05) is 25.4 Å². The predicted octanol–water partition coefficient (Wildman–Crippen LogP) is 2.52. The number of nitrogens with zero attached hydrogens (tertiary/aromatic N) is 1. The van der Waals surface area contributed by atoms with Gasteiger partial charge in [-0.05, 0) is 49.3 Å². The molecule has 0 amide bonds. The van der Waals surface area contributed by atoms with Crippen molar-refractivity contribution in [3.63, 3.8) is 0 Å². The van der Waals surface area contributed by atoms with E-state index in [0.717, 1.165) is 28.9 Å². The van der Waals surface area contributed by atoms with E-state index in [0.29, 0.717) is 11.4 Å². The first-order valence-electron chi connectivity index (χ1n) is 7.06. The molecule has 0 spiro atoms. The Bertz CT molecular complexity index is 586. The van der Waals surface area contributed by atoms with E-state index in [1.807, 2.05) is 33.1 Å². The molecule has 0 saturated carbocycles. The van der Waals surface area contributed by atoms with Gasteiger partial charge >= 0.3 is 0 Å². The lowest BCUT2D eigenvalue weighted by Gasteiger charge is -2.27. The fourth-order valence-corrected chi connectivity index (χ4v) is 5.02. The third kappa shape index (κ3) is 4.00. The summed E-state index contributed by atoms with van der Waals surface area (Å²) in [6, 6.07) is 3.67. The molecule has 1 aromatic rings. The molecule has 1 rings (SSSR count). The summed E-state index contributed by atoms with van der Waals surface area (Å²) in [6.45, 7) is 6.13. The summed E-state index contributed by atoms with van der Waals surface area (Å²) < 4.78 is 27.4. The van der Waals surface area contributed by atoms with E-state index < -0.39 is 10.0 Å². The van der Waals surface area contributed by atoms with Gasteiger partial charge in [-0.3, -0.25) is 0 Å². The van der Waals surface area contributed by atoms with Crippen LogP contribution in [-0.4, -0.2) is 37.8 Å². The summed E-state index contributed by atoms with van der Waals surface area (Å²) in [5.74, 6) is 0.792. The molecule has 0 fully saturated rings. The van der Waals surface area contributed by atoms with E-state index in [9.17, 15) is 8.42 Å². The molecule has 0 bridgehead atoms. The number of thioether (sulfide) groups is 1. The highest BCUT2D eigenvalue weighted by atomic mass is 32.2. The minimum absolute atomic E-state index is 0.00578. The van der Waals surface area contributed by atoms with Crippen molar-refractivity contribution in [2.24, 2.45) is 5.73 Å². The van der Waals surface area contributed by atoms with Gasteiger partial charge in [-0.25, -0.2) is 8.42 Å². The van der Waals surface area contributed by atoms with Crippen molar-refractivity contribution in [3.8, 4) is 0 Å². The van der Waals surface area contributed by atoms with Gasteiger partial charge in [0.05, 0.1) is 4.90 Å². The molecule has 4 nitrogen and oxygen atoms in total. The third-order valence-electron chi connectivity index (χ3n) is 3.92. The second-order valence-corrected chi connectivity index (χ2v) is 8.16. The molecule has 21 heavy (non-hydrogen) atoms. The Morgan fingerprint density at radius 1 is 1.33 bits per heavy atom. The van der Waals surface area contributed by atoms with Crippen LogP contribution in [0.4, 0.5) is 0 Å². The van der Waals surface area contributed by atoms with Crippen LogP contribution in [0.25, 0.3) is 0 Å². The Hall–Kier alpha value is -0.560. The summed E-state index contributed by atoms with van der Waals surface area (Å²) >= 11 is 1.66. The van der Waals surface area contributed by atoms with Crippen molar-refractivity contribution in [1.29, 1.82) is 0 Å². The molecule has 0 saturated heterocycles. The number of rotatable bonds is 7. The van der Waals surface area contributed by atoms with Crippen LogP contribution in [0.5, 0.6) is 0 Å². The number of nitrogens with two attached hydrogens (primary N) is 1. The SMILES string of the molecule is CCC(CSC)N(C)S(=O)(=O)c1cc(CN)cc(C)c1C. The first-order chi connectivity index (χ1) is 9.79. The zero-order valence-electron chi connectivity index (χ0n) is 13.5. The van der Waals surface area contributed by atoms with Gasteiger partial charge in [0.1, 0.15) is 0 Å². The lowest BCUT2D eigenvalue weighted by molar-refractivity contribution is 0.385. The molecule has 0 heterocycles. The van der Waals surface area contributed by atoms with Gasteiger partial charge in [-0.15, -0.1) is 0 Å². The van der Waals surface area contributed by atoms with E-state index in [2.05, 4.69) is 0 Å². The van der Waals surface area contributed by atoms with E-state index in [-0.39, 0.29) is 6.04 Å². The molecule has 0 aliphatic heterocycles. The van der Waals surface area contributed by atoms with Crippen LogP contribution in [-0.2, 0) is 16.6 Å². The minimum Gasteiger partial charge on any atom is -0.326 e. The third-order valence-corrected chi connectivity index (χ3v) is 6.67. The molecule has 6 heteroatoms. The molecule has 0 aliphatic carbocycles. The lowest BCUT2D eigenvalue weighted by Crippen LogP contribution is -2.38. The molecular formula is C15H26N2O2S2. The fourth-order valence-electron chi connectivity index (χ4n) is 2.31. The smallest absolute Gasteiger partial charge is 0.243 e. The molecule has 0 radical (unpaired) electrons. The molecular weight excluding hydrogens is 304 g/mol. The van der Waals surface area contributed by atoms with Gasteiger partial charge in [-0.2, -0.15) is 16.1 Å². The van der Waals surface area contributed by atoms with Crippen LogP contribution in [0.15, 0.2) is 17.0 Å². The molecule has 1 unspecified atom stereocenters. The van der Waals surface area contributed by atoms with Crippen molar-refractivity contribution in [2.45, 2.75) is 44.7 Å². The zero-order chi connectivity index (χ0) is 16.2.